The van der Waals surface area contributed by atoms with Gasteiger partial charge >= 0.3 is 6.01 Å². The number of aliphatic hydroxyl groups excluding tert-OH is 1. The lowest BCUT2D eigenvalue weighted by atomic mass is 10.3. The zero-order valence-corrected chi connectivity index (χ0v) is 8.94. The van der Waals surface area contributed by atoms with Crippen LogP contribution in [0.2, 0.25) is 0 Å². The molecule has 8 nitrogen and oxygen atoms in total. The summed E-state index contributed by atoms with van der Waals surface area (Å²) in [5.74, 6) is 1.63. The average molecular weight is 250 g/mol. The molecule has 10 heteroatoms. The smallest absolute Gasteiger partial charge is 0.322 e. The number of aliphatic hydroxyl groups is 1. The number of aromatic nitrogens is 3. The number of ether oxygens (including phenoxy) is 1. The SMILES string of the molecule is COc1nc(NN)nc(NCC(F)(F)CO)n1. The Morgan fingerprint density at radius 1 is 1.35 bits per heavy atom. The van der Waals surface area contributed by atoms with E-state index in [-0.39, 0.29) is 17.9 Å². The molecular formula is C7H12F2N6O2. The lowest BCUT2D eigenvalue weighted by Crippen LogP contribution is -2.31. The summed E-state index contributed by atoms with van der Waals surface area (Å²) in [6.07, 6.45) is 0. The van der Waals surface area contributed by atoms with Gasteiger partial charge in [-0.3, -0.25) is 5.43 Å². The van der Waals surface area contributed by atoms with Crippen molar-refractivity contribution in [2.45, 2.75) is 5.92 Å². The fraction of sp³-hybridized carbons (Fsp3) is 0.571. The molecule has 0 fully saturated rings. The maximum absolute atomic E-state index is 12.7. The zero-order valence-electron chi connectivity index (χ0n) is 8.94. The number of hydrazine groups is 1. The van der Waals surface area contributed by atoms with Crippen LogP contribution in [-0.2, 0) is 0 Å². The molecular weight excluding hydrogens is 238 g/mol. The van der Waals surface area contributed by atoms with Gasteiger partial charge in [0.25, 0.3) is 5.92 Å². The van der Waals surface area contributed by atoms with Gasteiger partial charge in [0.15, 0.2) is 0 Å². The standard InChI is InChI=1S/C7H12F2N6O2/c1-17-6-13-4(12-5(14-6)15-10)11-2-7(8,9)3-16/h16H,2-3,10H2,1H3,(H2,11,12,13,14,15). The molecule has 5 N–H and O–H groups in total. The first kappa shape index (κ1) is 13.3. The monoisotopic (exact) mass is 250 g/mol. The van der Waals surface area contributed by atoms with Gasteiger partial charge in [-0.05, 0) is 0 Å². The van der Waals surface area contributed by atoms with Crippen LogP contribution >= 0.6 is 0 Å². The van der Waals surface area contributed by atoms with Crippen molar-refractivity contribution in [1.82, 2.24) is 15.0 Å². The van der Waals surface area contributed by atoms with Crippen LogP contribution in [-0.4, -0.2) is 46.2 Å². The Balaban J connectivity index is 2.76. The largest absolute Gasteiger partial charge is 0.467 e. The fourth-order valence-electron chi connectivity index (χ4n) is 0.856. The van der Waals surface area contributed by atoms with Gasteiger partial charge in [-0.1, -0.05) is 0 Å². The number of rotatable bonds is 6. The molecule has 0 radical (unpaired) electrons. The first-order valence-corrected chi connectivity index (χ1v) is 4.50. The number of methoxy groups -OCH3 is 1. The highest BCUT2D eigenvalue weighted by molar-refractivity contribution is 5.35. The molecule has 0 aliphatic rings. The third-order valence-electron chi connectivity index (χ3n) is 1.66. The van der Waals surface area contributed by atoms with E-state index in [0.717, 1.165) is 0 Å². The number of anilines is 2. The van der Waals surface area contributed by atoms with Crippen molar-refractivity contribution in [2.75, 3.05) is 31.0 Å². The van der Waals surface area contributed by atoms with Gasteiger partial charge in [0.1, 0.15) is 6.61 Å². The summed E-state index contributed by atoms with van der Waals surface area (Å²) in [5.41, 5.74) is 2.13. The van der Waals surface area contributed by atoms with Gasteiger partial charge in [-0.15, -0.1) is 0 Å². The van der Waals surface area contributed by atoms with Crippen molar-refractivity contribution >= 4 is 11.9 Å². The van der Waals surface area contributed by atoms with Crippen LogP contribution in [0.5, 0.6) is 6.01 Å². The number of halogens is 2. The molecule has 96 valence electrons. The first-order chi connectivity index (χ1) is 8.00. The first-order valence-electron chi connectivity index (χ1n) is 4.50. The van der Waals surface area contributed by atoms with Crippen molar-refractivity contribution in [2.24, 2.45) is 5.84 Å². The summed E-state index contributed by atoms with van der Waals surface area (Å²) < 4.78 is 30.2. The molecule has 0 aromatic carbocycles. The maximum Gasteiger partial charge on any atom is 0.322 e. The van der Waals surface area contributed by atoms with Gasteiger partial charge in [0, 0.05) is 0 Å². The molecule has 0 amide bonds. The van der Waals surface area contributed by atoms with Crippen molar-refractivity contribution in [3.63, 3.8) is 0 Å². The molecule has 1 heterocycles. The predicted molar refractivity (Wildman–Crippen MR) is 54.7 cm³/mol. The molecule has 1 aromatic heterocycles. The van der Waals surface area contributed by atoms with Crippen LogP contribution < -0.4 is 21.3 Å². The minimum Gasteiger partial charge on any atom is -0.467 e. The number of hydrogen-bond donors (Lipinski definition) is 4. The van der Waals surface area contributed by atoms with Crippen molar-refractivity contribution in [1.29, 1.82) is 0 Å². The lowest BCUT2D eigenvalue weighted by molar-refractivity contribution is -0.0374. The summed E-state index contributed by atoms with van der Waals surface area (Å²) in [6.45, 7) is -2.09. The van der Waals surface area contributed by atoms with Crippen LogP contribution in [0, 0.1) is 0 Å². The number of hydrogen-bond acceptors (Lipinski definition) is 8. The third-order valence-corrected chi connectivity index (χ3v) is 1.66. The van der Waals surface area contributed by atoms with Crippen molar-refractivity contribution in [3.05, 3.63) is 0 Å². The Labute approximate surface area is 95.2 Å². The molecule has 0 unspecified atom stereocenters. The number of nitrogens with two attached hydrogens (primary N) is 1. The maximum atomic E-state index is 12.7. The average Bonchev–Trinajstić information content (AvgIpc) is 2.36. The lowest BCUT2D eigenvalue weighted by Gasteiger charge is -2.14. The van der Waals surface area contributed by atoms with Gasteiger partial charge in [0.2, 0.25) is 11.9 Å². The molecule has 17 heavy (non-hydrogen) atoms. The molecule has 0 saturated heterocycles. The normalized spacial score (nSPS) is 11.1. The van der Waals surface area contributed by atoms with E-state index < -0.39 is 19.1 Å². The van der Waals surface area contributed by atoms with Crippen molar-refractivity contribution in [3.8, 4) is 6.01 Å². The third kappa shape index (κ3) is 3.92. The van der Waals surface area contributed by atoms with Crippen LogP contribution in [0.1, 0.15) is 0 Å². The Morgan fingerprint density at radius 2 is 2.00 bits per heavy atom. The summed E-state index contributed by atoms with van der Waals surface area (Å²) in [7, 11) is 1.31. The summed E-state index contributed by atoms with van der Waals surface area (Å²) in [5, 5.41) is 10.6. The van der Waals surface area contributed by atoms with Crippen LogP contribution in [0.25, 0.3) is 0 Å². The molecule has 1 rings (SSSR count). The van der Waals surface area contributed by atoms with E-state index >= 15 is 0 Å². The second-order valence-corrected chi connectivity index (χ2v) is 2.98. The quantitative estimate of drug-likeness (QED) is 0.383. The van der Waals surface area contributed by atoms with E-state index in [0.29, 0.717) is 0 Å². The van der Waals surface area contributed by atoms with Gasteiger partial charge in [-0.2, -0.15) is 15.0 Å². The van der Waals surface area contributed by atoms with E-state index in [4.69, 9.17) is 15.7 Å². The van der Waals surface area contributed by atoms with E-state index in [1.54, 1.807) is 0 Å². The number of nitrogen functional groups attached to an aromatic ring is 1. The molecule has 0 bridgehead atoms. The highest BCUT2D eigenvalue weighted by atomic mass is 19.3. The second-order valence-electron chi connectivity index (χ2n) is 2.98. The summed E-state index contributed by atoms with van der Waals surface area (Å²) >= 11 is 0. The highest BCUT2D eigenvalue weighted by Crippen LogP contribution is 2.14. The Morgan fingerprint density at radius 3 is 2.53 bits per heavy atom. The highest BCUT2D eigenvalue weighted by Gasteiger charge is 2.27. The Bertz CT molecular complexity index is 355. The summed E-state index contributed by atoms with van der Waals surface area (Å²) in [6, 6.07) is -0.0808. The topological polar surface area (TPSA) is 118 Å². The van der Waals surface area contributed by atoms with E-state index in [1.165, 1.54) is 7.11 Å². The Hall–Kier alpha value is -1.81. The molecule has 0 saturated carbocycles. The fourth-order valence-corrected chi connectivity index (χ4v) is 0.856. The molecule has 1 aromatic rings. The Kier molecular flexibility index (Phi) is 4.29. The predicted octanol–water partition coefficient (Wildman–Crippen LogP) is -0.795. The van der Waals surface area contributed by atoms with Gasteiger partial charge in [0.05, 0.1) is 13.7 Å². The van der Waals surface area contributed by atoms with Crippen LogP contribution in [0.15, 0.2) is 0 Å². The molecule has 0 spiro atoms. The van der Waals surface area contributed by atoms with E-state index in [9.17, 15) is 8.78 Å². The molecule has 0 aliphatic heterocycles. The van der Waals surface area contributed by atoms with E-state index in [2.05, 4.69) is 25.7 Å². The second kappa shape index (κ2) is 5.50. The number of nitrogens with one attached hydrogen (secondary N) is 2. The number of nitrogens with zero attached hydrogens (tertiary/aromatic N) is 3. The minimum absolute atomic E-state index is 0.0355. The molecule has 0 atom stereocenters. The minimum atomic E-state index is -3.27. The van der Waals surface area contributed by atoms with Crippen LogP contribution in [0.4, 0.5) is 20.7 Å². The zero-order chi connectivity index (χ0) is 12.9. The number of alkyl halides is 2. The van der Waals surface area contributed by atoms with E-state index in [1.807, 2.05) is 0 Å². The van der Waals surface area contributed by atoms with Crippen molar-refractivity contribution < 1.29 is 18.6 Å². The van der Waals surface area contributed by atoms with Crippen LogP contribution in [0.3, 0.4) is 0 Å². The van der Waals surface area contributed by atoms with Gasteiger partial charge < -0.3 is 15.2 Å². The van der Waals surface area contributed by atoms with Gasteiger partial charge in [-0.25, -0.2) is 14.6 Å². The molecule has 0 aliphatic carbocycles. The summed E-state index contributed by atoms with van der Waals surface area (Å²) in [4.78, 5) is 11.0.